The van der Waals surface area contributed by atoms with Crippen molar-refractivity contribution in [3.63, 3.8) is 0 Å². The first-order valence-corrected chi connectivity index (χ1v) is 10.6. The number of nitrogens with two attached hydrogens (primary N) is 1. The Morgan fingerprint density at radius 3 is 2.14 bits per heavy atom. The molecule has 29 heavy (non-hydrogen) atoms. The molecule has 0 spiro atoms. The van der Waals surface area contributed by atoms with Gasteiger partial charge in [0, 0.05) is 12.2 Å². The minimum absolute atomic E-state index is 0.0517. The molecular weight excluding hydrogens is 392 g/mol. The van der Waals surface area contributed by atoms with Crippen LogP contribution in [0.5, 0.6) is 0 Å². The number of carbonyl (C=O) groups excluding carboxylic acids is 2. The third-order valence-electron chi connectivity index (χ3n) is 4.15. The number of nitrogens with zero attached hydrogens (tertiary/aromatic N) is 1. The Balaban J connectivity index is 1.70. The normalized spacial score (nSPS) is 11.3. The largest absolute Gasteiger partial charge is 0.355 e. The van der Waals surface area contributed by atoms with Gasteiger partial charge >= 0.3 is 0 Å². The van der Waals surface area contributed by atoms with E-state index in [1.165, 1.54) is 12.1 Å². The minimum atomic E-state index is -3.71. The number of nitrogens with one attached hydrogen (secondary N) is 2. The number of hydrogen-bond acceptors (Lipinski definition) is 5. The van der Waals surface area contributed by atoms with Crippen molar-refractivity contribution in [1.29, 1.82) is 0 Å². The second kappa shape index (κ2) is 10.1. The summed E-state index contributed by atoms with van der Waals surface area (Å²) in [7, 11) is -2.01. The highest BCUT2D eigenvalue weighted by Gasteiger charge is 2.11. The number of benzene rings is 2. The van der Waals surface area contributed by atoms with Crippen LogP contribution in [0.3, 0.4) is 0 Å². The van der Waals surface area contributed by atoms with Crippen LogP contribution in [0.2, 0.25) is 0 Å². The maximum atomic E-state index is 12.1. The van der Waals surface area contributed by atoms with Gasteiger partial charge in [-0.2, -0.15) is 0 Å². The van der Waals surface area contributed by atoms with Gasteiger partial charge in [-0.15, -0.1) is 0 Å². The zero-order valence-corrected chi connectivity index (χ0v) is 17.3. The minimum Gasteiger partial charge on any atom is -0.355 e. The number of likely N-dealkylation sites (N-methyl/N-ethyl adjacent to an activating group) is 1. The zero-order chi connectivity index (χ0) is 21.4. The van der Waals surface area contributed by atoms with Crippen molar-refractivity contribution in [2.24, 2.45) is 5.14 Å². The molecule has 2 amide bonds. The maximum Gasteiger partial charge on any atom is 0.238 e. The molecule has 2 rings (SSSR count). The average molecular weight is 419 g/mol. The third-order valence-corrected chi connectivity index (χ3v) is 5.08. The Morgan fingerprint density at radius 2 is 1.55 bits per heavy atom. The first kappa shape index (κ1) is 22.5. The van der Waals surface area contributed by atoms with Crippen molar-refractivity contribution in [2.75, 3.05) is 32.0 Å². The first-order valence-electron chi connectivity index (χ1n) is 9.07. The highest BCUT2D eigenvalue weighted by molar-refractivity contribution is 7.89. The third kappa shape index (κ3) is 8.02. The predicted molar refractivity (Wildman–Crippen MR) is 112 cm³/mol. The molecule has 2 aromatic rings. The maximum absolute atomic E-state index is 12.1. The number of carbonyl (C=O) groups is 2. The van der Waals surface area contributed by atoms with E-state index in [1.807, 2.05) is 31.2 Å². The van der Waals surface area contributed by atoms with Crippen LogP contribution in [-0.2, 0) is 26.0 Å². The fourth-order valence-corrected chi connectivity index (χ4v) is 3.15. The summed E-state index contributed by atoms with van der Waals surface area (Å²) in [6.45, 7) is 2.55. The van der Waals surface area contributed by atoms with Crippen LogP contribution in [-0.4, -0.2) is 51.8 Å². The number of anilines is 1. The molecule has 0 heterocycles. The Kier molecular flexibility index (Phi) is 7.89. The van der Waals surface area contributed by atoms with Gasteiger partial charge in [0.1, 0.15) is 0 Å². The molecule has 9 heteroatoms. The molecule has 0 aliphatic heterocycles. The SMILES string of the molecule is Cc1ccc(NC(=O)CN(C)CC(=O)NCCc2ccc(S(N)(=O)=O)cc2)cc1. The summed E-state index contributed by atoms with van der Waals surface area (Å²) in [5, 5.41) is 10.6. The van der Waals surface area contributed by atoms with Crippen molar-refractivity contribution in [2.45, 2.75) is 18.2 Å². The summed E-state index contributed by atoms with van der Waals surface area (Å²) >= 11 is 0. The smallest absolute Gasteiger partial charge is 0.238 e. The molecule has 0 unspecified atom stereocenters. The lowest BCUT2D eigenvalue weighted by Gasteiger charge is -2.16. The Hall–Kier alpha value is -2.75. The molecule has 0 radical (unpaired) electrons. The van der Waals surface area contributed by atoms with E-state index in [-0.39, 0.29) is 29.8 Å². The summed E-state index contributed by atoms with van der Waals surface area (Å²) in [4.78, 5) is 25.8. The van der Waals surface area contributed by atoms with Gasteiger partial charge < -0.3 is 10.6 Å². The van der Waals surface area contributed by atoms with Crippen molar-refractivity contribution >= 4 is 27.5 Å². The molecule has 0 aliphatic carbocycles. The molecule has 0 saturated heterocycles. The van der Waals surface area contributed by atoms with Crippen molar-refractivity contribution in [3.8, 4) is 0 Å². The van der Waals surface area contributed by atoms with Crippen molar-refractivity contribution in [3.05, 3.63) is 59.7 Å². The number of aryl methyl sites for hydroxylation is 1. The van der Waals surface area contributed by atoms with Crippen molar-refractivity contribution in [1.82, 2.24) is 10.2 Å². The molecule has 8 nitrogen and oxygen atoms in total. The monoisotopic (exact) mass is 418 g/mol. The van der Waals surface area contributed by atoms with Gasteiger partial charge in [0.15, 0.2) is 0 Å². The highest BCUT2D eigenvalue weighted by Crippen LogP contribution is 2.09. The van der Waals surface area contributed by atoms with Gasteiger partial charge in [-0.1, -0.05) is 29.8 Å². The van der Waals surface area contributed by atoms with E-state index in [0.29, 0.717) is 18.7 Å². The molecule has 0 bridgehead atoms. The number of rotatable bonds is 9. The van der Waals surface area contributed by atoms with E-state index in [2.05, 4.69) is 10.6 Å². The second-order valence-corrected chi connectivity index (χ2v) is 8.44. The number of amides is 2. The van der Waals surface area contributed by atoms with Crippen LogP contribution < -0.4 is 15.8 Å². The van der Waals surface area contributed by atoms with E-state index >= 15 is 0 Å². The summed E-state index contributed by atoms with van der Waals surface area (Å²) < 4.78 is 22.5. The Bertz CT molecular complexity index is 941. The Morgan fingerprint density at radius 1 is 0.966 bits per heavy atom. The molecule has 0 aromatic heterocycles. The molecule has 0 aliphatic rings. The molecule has 156 valence electrons. The fourth-order valence-electron chi connectivity index (χ4n) is 2.63. The quantitative estimate of drug-likeness (QED) is 0.558. The number of hydrogen-bond donors (Lipinski definition) is 3. The van der Waals surface area contributed by atoms with Crippen LogP contribution >= 0.6 is 0 Å². The average Bonchev–Trinajstić information content (AvgIpc) is 2.63. The van der Waals surface area contributed by atoms with Crippen molar-refractivity contribution < 1.29 is 18.0 Å². The zero-order valence-electron chi connectivity index (χ0n) is 16.5. The summed E-state index contributed by atoms with van der Waals surface area (Å²) in [5.74, 6) is -0.393. The summed E-state index contributed by atoms with van der Waals surface area (Å²) in [5.41, 5.74) is 2.70. The molecule has 2 aromatic carbocycles. The van der Waals surface area contributed by atoms with E-state index in [1.54, 1.807) is 24.1 Å². The van der Waals surface area contributed by atoms with Gasteiger partial charge in [0.2, 0.25) is 21.8 Å². The lowest BCUT2D eigenvalue weighted by atomic mass is 10.1. The molecule has 0 fully saturated rings. The standard InChI is InChI=1S/C20H26N4O4S/c1-15-3-7-17(8-4-15)23-20(26)14-24(2)13-19(25)22-12-11-16-5-9-18(10-6-16)29(21,27)28/h3-10H,11-14H2,1-2H3,(H,22,25)(H,23,26)(H2,21,27,28). The van der Waals surface area contributed by atoms with E-state index < -0.39 is 10.0 Å². The van der Waals surface area contributed by atoms with Crippen LogP contribution in [0.25, 0.3) is 0 Å². The van der Waals surface area contributed by atoms with Crippen LogP contribution in [0, 0.1) is 6.92 Å². The van der Waals surface area contributed by atoms with Gasteiger partial charge in [-0.25, -0.2) is 13.6 Å². The predicted octanol–water partition coefficient (Wildman–Crippen LogP) is 0.872. The van der Waals surface area contributed by atoms with Gasteiger partial charge in [0.05, 0.1) is 18.0 Å². The number of sulfonamides is 1. The highest BCUT2D eigenvalue weighted by atomic mass is 32.2. The van der Waals surface area contributed by atoms with Crippen LogP contribution in [0.4, 0.5) is 5.69 Å². The van der Waals surface area contributed by atoms with Gasteiger partial charge in [0.25, 0.3) is 0 Å². The Labute approximate surface area is 171 Å². The summed E-state index contributed by atoms with van der Waals surface area (Å²) in [6.07, 6.45) is 0.550. The molecular formula is C20H26N4O4S. The van der Waals surface area contributed by atoms with Gasteiger partial charge in [-0.05, 0) is 50.2 Å². The van der Waals surface area contributed by atoms with Crippen LogP contribution in [0.1, 0.15) is 11.1 Å². The fraction of sp³-hybridized carbons (Fsp3) is 0.300. The number of primary sulfonamides is 1. The van der Waals surface area contributed by atoms with E-state index in [9.17, 15) is 18.0 Å². The van der Waals surface area contributed by atoms with Gasteiger partial charge in [-0.3, -0.25) is 14.5 Å². The first-order chi connectivity index (χ1) is 13.6. The van der Waals surface area contributed by atoms with E-state index in [4.69, 9.17) is 5.14 Å². The lowest BCUT2D eigenvalue weighted by Crippen LogP contribution is -2.39. The lowest BCUT2D eigenvalue weighted by molar-refractivity contribution is -0.122. The molecule has 0 saturated carbocycles. The topological polar surface area (TPSA) is 122 Å². The van der Waals surface area contributed by atoms with Crippen LogP contribution in [0.15, 0.2) is 53.4 Å². The molecule has 0 atom stereocenters. The second-order valence-electron chi connectivity index (χ2n) is 6.88. The van der Waals surface area contributed by atoms with E-state index in [0.717, 1.165) is 11.1 Å². The molecule has 4 N–H and O–H groups in total. The summed E-state index contributed by atoms with van der Waals surface area (Å²) in [6, 6.07) is 13.7.